The molecule has 0 fully saturated rings. The van der Waals surface area contributed by atoms with E-state index in [9.17, 15) is 4.79 Å². The zero-order chi connectivity index (χ0) is 20.8. The molecule has 0 radical (unpaired) electrons. The molecule has 0 unspecified atom stereocenters. The van der Waals surface area contributed by atoms with Crippen LogP contribution in [-0.4, -0.2) is 51.8 Å². The van der Waals surface area contributed by atoms with Gasteiger partial charge in [0.1, 0.15) is 5.75 Å². The standard InChI is InChI=1S/C21H36N4O3.HI/c1-6-22-21(25-15-20(26)23-10-12-27-5)24-14-18-8-7-17(4)13-19(18)28-11-9-16(2)3;/h7-8,13,16H,6,9-12,14-15H2,1-5H3,(H,23,26)(H2,22,24,25);1H. The van der Waals surface area contributed by atoms with Crippen molar-refractivity contribution in [3.05, 3.63) is 29.3 Å². The molecule has 0 heterocycles. The lowest BCUT2D eigenvalue weighted by Crippen LogP contribution is -2.43. The van der Waals surface area contributed by atoms with Gasteiger partial charge in [-0.2, -0.15) is 0 Å². The van der Waals surface area contributed by atoms with E-state index in [0.717, 1.165) is 23.3 Å². The number of halogens is 1. The number of hydrogen-bond acceptors (Lipinski definition) is 4. The molecular weight excluding hydrogens is 483 g/mol. The minimum Gasteiger partial charge on any atom is -0.493 e. The van der Waals surface area contributed by atoms with Gasteiger partial charge < -0.3 is 25.4 Å². The molecule has 0 aliphatic rings. The summed E-state index contributed by atoms with van der Waals surface area (Å²) >= 11 is 0. The third-order valence-corrected chi connectivity index (χ3v) is 3.97. The van der Waals surface area contributed by atoms with Gasteiger partial charge in [-0.1, -0.05) is 26.0 Å². The predicted octanol–water partition coefficient (Wildman–Crippen LogP) is 2.86. The Morgan fingerprint density at radius 1 is 1.17 bits per heavy atom. The zero-order valence-electron chi connectivity index (χ0n) is 18.3. The van der Waals surface area contributed by atoms with E-state index in [1.54, 1.807) is 7.11 Å². The van der Waals surface area contributed by atoms with Crippen molar-refractivity contribution in [2.45, 2.75) is 40.7 Å². The Morgan fingerprint density at radius 2 is 1.93 bits per heavy atom. The summed E-state index contributed by atoms with van der Waals surface area (Å²) in [5.41, 5.74) is 2.18. The molecule has 7 nitrogen and oxygen atoms in total. The number of hydrogen-bond donors (Lipinski definition) is 3. The highest BCUT2D eigenvalue weighted by Gasteiger charge is 2.07. The van der Waals surface area contributed by atoms with E-state index >= 15 is 0 Å². The second-order valence-electron chi connectivity index (χ2n) is 7.03. The Balaban J connectivity index is 0.00000784. The largest absolute Gasteiger partial charge is 0.493 e. The van der Waals surface area contributed by atoms with Gasteiger partial charge in [0.15, 0.2) is 5.96 Å². The fourth-order valence-electron chi connectivity index (χ4n) is 2.36. The van der Waals surface area contributed by atoms with Gasteiger partial charge in [0, 0.05) is 25.8 Å². The van der Waals surface area contributed by atoms with Gasteiger partial charge >= 0.3 is 0 Å². The van der Waals surface area contributed by atoms with Crippen LogP contribution >= 0.6 is 24.0 Å². The van der Waals surface area contributed by atoms with Gasteiger partial charge in [0.25, 0.3) is 0 Å². The number of ether oxygens (including phenoxy) is 2. The van der Waals surface area contributed by atoms with Crippen molar-refractivity contribution >= 4 is 35.8 Å². The third kappa shape index (κ3) is 12.6. The fourth-order valence-corrected chi connectivity index (χ4v) is 2.36. The van der Waals surface area contributed by atoms with Gasteiger partial charge in [0.2, 0.25) is 5.91 Å². The van der Waals surface area contributed by atoms with Crippen LogP contribution in [0, 0.1) is 12.8 Å². The summed E-state index contributed by atoms with van der Waals surface area (Å²) in [5.74, 6) is 1.97. The number of aliphatic imine (C=N–C) groups is 1. The van der Waals surface area contributed by atoms with Gasteiger partial charge in [-0.25, -0.2) is 4.99 Å². The molecule has 0 saturated heterocycles. The number of guanidine groups is 1. The molecule has 1 amide bonds. The van der Waals surface area contributed by atoms with Crippen molar-refractivity contribution in [1.29, 1.82) is 0 Å². The summed E-state index contributed by atoms with van der Waals surface area (Å²) in [6.45, 7) is 11.4. The molecule has 1 aromatic rings. The highest BCUT2D eigenvalue weighted by Crippen LogP contribution is 2.22. The first kappa shape index (κ1) is 27.5. The van der Waals surface area contributed by atoms with Crippen LogP contribution in [0.4, 0.5) is 0 Å². The Labute approximate surface area is 192 Å². The Kier molecular flexibility index (Phi) is 15.4. The number of rotatable bonds is 12. The van der Waals surface area contributed by atoms with Crippen LogP contribution in [-0.2, 0) is 16.1 Å². The molecule has 0 bridgehead atoms. The number of amides is 1. The van der Waals surface area contributed by atoms with Crippen LogP contribution in [0.5, 0.6) is 5.75 Å². The summed E-state index contributed by atoms with van der Waals surface area (Å²) in [7, 11) is 1.60. The van der Waals surface area contributed by atoms with E-state index < -0.39 is 0 Å². The van der Waals surface area contributed by atoms with Crippen LogP contribution in [0.15, 0.2) is 23.2 Å². The van der Waals surface area contributed by atoms with Crippen molar-refractivity contribution in [2.24, 2.45) is 10.9 Å². The molecular formula is C21H37IN4O3. The fraction of sp³-hybridized carbons (Fsp3) is 0.619. The molecule has 0 spiro atoms. The molecule has 1 rings (SSSR count). The van der Waals surface area contributed by atoms with E-state index in [1.165, 1.54) is 0 Å². The summed E-state index contributed by atoms with van der Waals surface area (Å²) in [6.07, 6.45) is 1.01. The van der Waals surface area contributed by atoms with Crippen LogP contribution in [0.1, 0.15) is 38.3 Å². The number of carbonyl (C=O) groups excluding carboxylic acids is 1. The Hall–Kier alpha value is -1.55. The van der Waals surface area contributed by atoms with Crippen LogP contribution in [0.3, 0.4) is 0 Å². The van der Waals surface area contributed by atoms with Crippen LogP contribution in [0.2, 0.25) is 0 Å². The maximum Gasteiger partial charge on any atom is 0.239 e. The first-order valence-electron chi connectivity index (χ1n) is 9.96. The van der Waals surface area contributed by atoms with Crippen molar-refractivity contribution < 1.29 is 14.3 Å². The third-order valence-electron chi connectivity index (χ3n) is 3.97. The smallest absolute Gasteiger partial charge is 0.239 e. The molecule has 3 N–H and O–H groups in total. The minimum absolute atomic E-state index is 0. The maximum absolute atomic E-state index is 11.8. The number of aryl methyl sites for hydroxylation is 1. The molecule has 0 aromatic heterocycles. The lowest BCUT2D eigenvalue weighted by molar-refractivity contribution is -0.120. The van der Waals surface area contributed by atoms with Crippen molar-refractivity contribution in [2.75, 3.05) is 40.0 Å². The number of benzene rings is 1. The van der Waals surface area contributed by atoms with E-state index in [2.05, 4.69) is 53.8 Å². The SMILES string of the molecule is CCNC(=NCc1ccc(C)cc1OCCC(C)C)NCC(=O)NCCOC.I. The lowest BCUT2D eigenvalue weighted by Gasteiger charge is -2.14. The first-order chi connectivity index (χ1) is 13.5. The first-order valence-corrected chi connectivity index (χ1v) is 9.96. The average Bonchev–Trinajstić information content (AvgIpc) is 2.65. The van der Waals surface area contributed by atoms with Gasteiger partial charge in [-0.15, -0.1) is 24.0 Å². The monoisotopic (exact) mass is 520 g/mol. The highest BCUT2D eigenvalue weighted by atomic mass is 127. The van der Waals surface area contributed by atoms with E-state index in [1.807, 2.05) is 13.0 Å². The molecule has 166 valence electrons. The Bertz CT molecular complexity index is 624. The minimum atomic E-state index is -0.101. The van der Waals surface area contributed by atoms with Crippen molar-refractivity contribution in [1.82, 2.24) is 16.0 Å². The lowest BCUT2D eigenvalue weighted by atomic mass is 10.1. The number of nitrogens with one attached hydrogen (secondary N) is 3. The molecule has 0 aliphatic carbocycles. The van der Waals surface area contributed by atoms with Crippen molar-refractivity contribution in [3.8, 4) is 5.75 Å². The van der Waals surface area contributed by atoms with Gasteiger partial charge in [-0.05, 0) is 37.8 Å². The summed E-state index contributed by atoms with van der Waals surface area (Å²) < 4.78 is 10.9. The van der Waals surface area contributed by atoms with Crippen molar-refractivity contribution in [3.63, 3.8) is 0 Å². The number of carbonyl (C=O) groups is 1. The molecule has 8 heteroatoms. The topological polar surface area (TPSA) is 84.0 Å². The van der Waals surface area contributed by atoms with E-state index in [0.29, 0.717) is 44.7 Å². The molecule has 0 aliphatic heterocycles. The summed E-state index contributed by atoms with van der Waals surface area (Å²) in [4.78, 5) is 16.4. The van der Waals surface area contributed by atoms with Crippen LogP contribution < -0.4 is 20.7 Å². The molecule has 29 heavy (non-hydrogen) atoms. The predicted molar refractivity (Wildman–Crippen MR) is 129 cm³/mol. The summed E-state index contributed by atoms with van der Waals surface area (Å²) in [6, 6.07) is 6.16. The van der Waals surface area contributed by atoms with E-state index in [4.69, 9.17) is 9.47 Å². The maximum atomic E-state index is 11.8. The summed E-state index contributed by atoms with van der Waals surface area (Å²) in [5, 5.41) is 8.98. The van der Waals surface area contributed by atoms with Crippen LogP contribution in [0.25, 0.3) is 0 Å². The Morgan fingerprint density at radius 3 is 2.59 bits per heavy atom. The second-order valence-corrected chi connectivity index (χ2v) is 7.03. The molecule has 0 atom stereocenters. The van der Waals surface area contributed by atoms with Gasteiger partial charge in [0.05, 0.1) is 26.3 Å². The van der Waals surface area contributed by atoms with E-state index in [-0.39, 0.29) is 36.4 Å². The second kappa shape index (κ2) is 16.3. The number of nitrogens with zero attached hydrogens (tertiary/aromatic N) is 1. The average molecular weight is 520 g/mol. The highest BCUT2D eigenvalue weighted by molar-refractivity contribution is 14.0. The van der Waals surface area contributed by atoms with Gasteiger partial charge in [-0.3, -0.25) is 4.79 Å². The molecule has 1 aromatic carbocycles. The number of methoxy groups -OCH3 is 1. The molecule has 0 saturated carbocycles. The normalized spacial score (nSPS) is 11.0. The zero-order valence-corrected chi connectivity index (χ0v) is 20.7. The quantitative estimate of drug-likeness (QED) is 0.171.